The zero-order valence-electron chi connectivity index (χ0n) is 22.7. The van der Waals surface area contributed by atoms with Crippen LogP contribution in [0.1, 0.15) is 62.1 Å². The van der Waals surface area contributed by atoms with Crippen molar-refractivity contribution < 1.29 is 19.1 Å². The summed E-state index contributed by atoms with van der Waals surface area (Å²) in [5.41, 5.74) is 2.09. The van der Waals surface area contributed by atoms with Crippen molar-refractivity contribution in [3.63, 3.8) is 0 Å². The molecule has 2 amide bonds. The Morgan fingerprint density at radius 2 is 1.66 bits per heavy atom. The smallest absolute Gasteiger partial charge is 0.226 e. The summed E-state index contributed by atoms with van der Waals surface area (Å²) in [6.45, 7) is 2.72. The molecule has 2 aliphatic heterocycles. The van der Waals surface area contributed by atoms with Crippen LogP contribution in [0.15, 0.2) is 48.5 Å². The quantitative estimate of drug-likeness (QED) is 0.490. The molecule has 2 aromatic rings. The lowest BCUT2D eigenvalue weighted by molar-refractivity contribution is -0.130. The Labute approximate surface area is 226 Å². The van der Waals surface area contributed by atoms with Crippen molar-refractivity contribution in [2.24, 2.45) is 11.3 Å². The van der Waals surface area contributed by atoms with Crippen molar-refractivity contribution in [3.05, 3.63) is 59.7 Å². The lowest BCUT2D eigenvalue weighted by Crippen LogP contribution is -2.45. The molecule has 2 heterocycles. The maximum absolute atomic E-state index is 13.1. The van der Waals surface area contributed by atoms with Crippen LogP contribution in [0.2, 0.25) is 0 Å². The van der Waals surface area contributed by atoms with Crippen LogP contribution in [0.5, 0.6) is 11.5 Å². The molecule has 2 saturated heterocycles. The summed E-state index contributed by atoms with van der Waals surface area (Å²) < 4.78 is 10.6. The van der Waals surface area contributed by atoms with Crippen LogP contribution in [0.25, 0.3) is 0 Å². The maximum atomic E-state index is 13.1. The summed E-state index contributed by atoms with van der Waals surface area (Å²) in [4.78, 5) is 28.3. The summed E-state index contributed by atoms with van der Waals surface area (Å²) in [5.74, 6) is 2.24. The molecule has 1 spiro atoms. The molecular formula is C31H41N3O4. The van der Waals surface area contributed by atoms with E-state index in [1.165, 1.54) is 5.56 Å². The molecule has 7 nitrogen and oxygen atoms in total. The van der Waals surface area contributed by atoms with Crippen LogP contribution < -0.4 is 20.1 Å². The van der Waals surface area contributed by atoms with Gasteiger partial charge in [0.05, 0.1) is 25.7 Å². The highest BCUT2D eigenvalue weighted by atomic mass is 16.5. The van der Waals surface area contributed by atoms with E-state index in [-0.39, 0.29) is 35.2 Å². The van der Waals surface area contributed by atoms with Crippen LogP contribution in [-0.2, 0) is 16.0 Å². The molecule has 2 atom stereocenters. The van der Waals surface area contributed by atoms with Gasteiger partial charge in [-0.3, -0.25) is 9.59 Å². The van der Waals surface area contributed by atoms with Gasteiger partial charge in [-0.1, -0.05) is 30.7 Å². The fraction of sp³-hybridized carbons (Fsp3) is 0.548. The van der Waals surface area contributed by atoms with E-state index >= 15 is 0 Å². The van der Waals surface area contributed by atoms with Gasteiger partial charge in [0.25, 0.3) is 0 Å². The highest BCUT2D eigenvalue weighted by Crippen LogP contribution is 2.41. The Morgan fingerprint density at radius 3 is 2.24 bits per heavy atom. The minimum Gasteiger partial charge on any atom is -0.497 e. The summed E-state index contributed by atoms with van der Waals surface area (Å²) in [6.07, 6.45) is 7.52. The Morgan fingerprint density at radius 1 is 1.03 bits per heavy atom. The summed E-state index contributed by atoms with van der Waals surface area (Å²) in [6, 6.07) is 16.3. The Hall–Kier alpha value is -3.06. The number of hydrogen-bond donors (Lipinski definition) is 2. The number of carbonyl (C=O) groups excluding carboxylic acids is 2. The Balaban J connectivity index is 1.15. The number of nitrogens with zero attached hydrogens (tertiary/aromatic N) is 1. The third-order valence-electron chi connectivity index (χ3n) is 8.95. The van der Waals surface area contributed by atoms with Crippen molar-refractivity contribution in [2.75, 3.05) is 33.9 Å². The minimum atomic E-state index is -0.249. The van der Waals surface area contributed by atoms with E-state index in [2.05, 4.69) is 39.8 Å². The van der Waals surface area contributed by atoms with Crippen LogP contribution in [-0.4, -0.2) is 56.6 Å². The first-order valence-corrected chi connectivity index (χ1v) is 14.1. The van der Waals surface area contributed by atoms with E-state index < -0.39 is 0 Å². The van der Waals surface area contributed by atoms with Crippen molar-refractivity contribution in [2.45, 2.75) is 63.5 Å². The van der Waals surface area contributed by atoms with Gasteiger partial charge in [0.1, 0.15) is 11.5 Å². The molecule has 0 radical (unpaired) electrons. The van der Waals surface area contributed by atoms with Gasteiger partial charge in [0.2, 0.25) is 11.8 Å². The summed E-state index contributed by atoms with van der Waals surface area (Å²) in [7, 11) is 3.34. The first-order valence-electron chi connectivity index (χ1n) is 14.1. The average Bonchev–Trinajstić information content (AvgIpc) is 3.20. The fourth-order valence-corrected chi connectivity index (χ4v) is 6.19. The Bertz CT molecular complexity index is 1090. The van der Waals surface area contributed by atoms with E-state index in [4.69, 9.17) is 9.47 Å². The molecule has 1 saturated carbocycles. The lowest BCUT2D eigenvalue weighted by Gasteiger charge is -2.38. The van der Waals surface area contributed by atoms with E-state index in [1.54, 1.807) is 14.2 Å². The fourth-order valence-electron chi connectivity index (χ4n) is 6.19. The zero-order chi connectivity index (χ0) is 26.5. The van der Waals surface area contributed by atoms with Gasteiger partial charge < -0.3 is 25.0 Å². The van der Waals surface area contributed by atoms with Gasteiger partial charge in [-0.2, -0.15) is 0 Å². The van der Waals surface area contributed by atoms with E-state index in [0.717, 1.165) is 88.1 Å². The van der Waals surface area contributed by atoms with Gasteiger partial charge in [0, 0.05) is 18.5 Å². The molecule has 3 fully saturated rings. The standard InChI is InChI=1S/C31H41N3O4/c1-37-26-10-6-22(7-11-26)20-25-21-31(30(36)32-25)15-18-34(19-16-31)17-14-28(33-29(35)24-4-3-5-24)23-8-12-27(38-2)13-9-23/h6-13,24-25,28H,3-5,14-21H2,1-2H3,(H,32,36)(H,33,35). The van der Waals surface area contributed by atoms with Crippen LogP contribution in [0.3, 0.4) is 0 Å². The molecule has 2 aromatic carbocycles. The number of piperidine rings is 1. The number of likely N-dealkylation sites (tertiary alicyclic amines) is 1. The molecule has 2 unspecified atom stereocenters. The van der Waals surface area contributed by atoms with Gasteiger partial charge in [-0.05, 0) is 93.4 Å². The average molecular weight is 520 g/mol. The second-order valence-electron chi connectivity index (χ2n) is 11.3. The monoisotopic (exact) mass is 519 g/mol. The highest BCUT2D eigenvalue weighted by molar-refractivity contribution is 5.85. The molecule has 0 aromatic heterocycles. The molecule has 204 valence electrons. The second-order valence-corrected chi connectivity index (χ2v) is 11.3. The minimum absolute atomic E-state index is 0.0199. The molecule has 38 heavy (non-hydrogen) atoms. The zero-order valence-corrected chi connectivity index (χ0v) is 22.7. The normalized spacial score (nSPS) is 21.9. The first-order chi connectivity index (χ1) is 18.5. The van der Waals surface area contributed by atoms with Gasteiger partial charge >= 0.3 is 0 Å². The van der Waals surface area contributed by atoms with Gasteiger partial charge in [-0.15, -0.1) is 0 Å². The number of rotatable bonds is 10. The van der Waals surface area contributed by atoms with Crippen molar-refractivity contribution in [3.8, 4) is 11.5 Å². The van der Waals surface area contributed by atoms with Gasteiger partial charge in [0.15, 0.2) is 0 Å². The predicted octanol–water partition coefficient (Wildman–Crippen LogP) is 4.26. The lowest BCUT2D eigenvalue weighted by atomic mass is 9.75. The van der Waals surface area contributed by atoms with Crippen molar-refractivity contribution in [1.29, 1.82) is 0 Å². The summed E-state index contributed by atoms with van der Waals surface area (Å²) in [5, 5.41) is 6.61. The van der Waals surface area contributed by atoms with Gasteiger partial charge in [-0.25, -0.2) is 0 Å². The number of nitrogens with one attached hydrogen (secondary N) is 2. The van der Waals surface area contributed by atoms with Crippen molar-refractivity contribution in [1.82, 2.24) is 15.5 Å². The van der Waals surface area contributed by atoms with E-state index in [0.29, 0.717) is 0 Å². The molecule has 3 aliphatic rings. The highest BCUT2D eigenvalue weighted by Gasteiger charge is 2.48. The SMILES string of the molecule is COc1ccc(CC2CC3(CCN(CCC(NC(=O)C4CCC4)c4ccc(OC)cc4)CC3)C(=O)N2)cc1. The molecule has 2 N–H and O–H groups in total. The number of amides is 2. The number of ether oxygens (including phenoxy) is 2. The van der Waals surface area contributed by atoms with E-state index in [9.17, 15) is 9.59 Å². The third kappa shape index (κ3) is 5.98. The number of carbonyl (C=O) groups is 2. The largest absolute Gasteiger partial charge is 0.497 e. The molecule has 1 aliphatic carbocycles. The molecule has 0 bridgehead atoms. The topological polar surface area (TPSA) is 79.9 Å². The van der Waals surface area contributed by atoms with Crippen LogP contribution >= 0.6 is 0 Å². The third-order valence-corrected chi connectivity index (χ3v) is 8.95. The predicted molar refractivity (Wildman–Crippen MR) is 147 cm³/mol. The van der Waals surface area contributed by atoms with E-state index in [1.807, 2.05) is 24.3 Å². The Kier molecular flexibility index (Phi) is 8.22. The molecule has 5 rings (SSSR count). The first kappa shape index (κ1) is 26.5. The molecular weight excluding hydrogens is 478 g/mol. The van der Waals surface area contributed by atoms with Crippen molar-refractivity contribution >= 4 is 11.8 Å². The summed E-state index contributed by atoms with van der Waals surface area (Å²) >= 11 is 0. The number of methoxy groups -OCH3 is 2. The number of hydrogen-bond acceptors (Lipinski definition) is 5. The van der Waals surface area contributed by atoms with Crippen LogP contribution in [0, 0.1) is 11.3 Å². The number of benzene rings is 2. The second kappa shape index (κ2) is 11.8. The van der Waals surface area contributed by atoms with Crippen LogP contribution in [0.4, 0.5) is 0 Å². The maximum Gasteiger partial charge on any atom is 0.226 e. The molecule has 7 heteroatoms.